The molecule has 6 heteroatoms. The van der Waals surface area contributed by atoms with Crippen LogP contribution in [0.4, 0.5) is 4.39 Å². The van der Waals surface area contributed by atoms with Crippen LogP contribution >= 0.6 is 11.6 Å². The molecule has 126 valence electrons. The average molecular weight is 358 g/mol. The summed E-state index contributed by atoms with van der Waals surface area (Å²) in [5.74, 6) is -1.66. The maximum Gasteiger partial charge on any atom is 0.312 e. The number of benzene rings is 2. The molecule has 0 saturated carbocycles. The van der Waals surface area contributed by atoms with Crippen molar-refractivity contribution in [2.24, 2.45) is 7.05 Å². The van der Waals surface area contributed by atoms with E-state index >= 15 is 0 Å². The van der Waals surface area contributed by atoms with Crippen molar-refractivity contribution in [1.82, 2.24) is 4.57 Å². The molecule has 0 bridgehead atoms. The molecule has 0 amide bonds. The summed E-state index contributed by atoms with van der Waals surface area (Å²) in [6, 6.07) is 11.4. The van der Waals surface area contributed by atoms with E-state index in [0.717, 1.165) is 0 Å². The summed E-state index contributed by atoms with van der Waals surface area (Å²) in [4.78, 5) is 25.1. The highest BCUT2D eigenvalue weighted by Crippen LogP contribution is 2.43. The lowest BCUT2D eigenvalue weighted by molar-refractivity contribution is -0.135. The molecule has 0 saturated heterocycles. The minimum atomic E-state index is -0.784. The highest BCUT2D eigenvalue weighted by molar-refractivity contribution is 6.31. The minimum absolute atomic E-state index is 0.138. The van der Waals surface area contributed by atoms with E-state index in [0.29, 0.717) is 10.9 Å². The van der Waals surface area contributed by atoms with Crippen LogP contribution in [0.25, 0.3) is 10.9 Å². The van der Waals surface area contributed by atoms with Gasteiger partial charge in [0.25, 0.3) is 5.56 Å². The zero-order valence-corrected chi connectivity index (χ0v) is 14.0. The Morgan fingerprint density at radius 1 is 1.12 bits per heavy atom. The second-order valence-electron chi connectivity index (χ2n) is 5.99. The van der Waals surface area contributed by atoms with E-state index in [9.17, 15) is 14.0 Å². The summed E-state index contributed by atoms with van der Waals surface area (Å²) in [6.45, 7) is 0. The molecule has 25 heavy (non-hydrogen) atoms. The van der Waals surface area contributed by atoms with Crippen LogP contribution in [-0.2, 0) is 11.8 Å². The van der Waals surface area contributed by atoms with Gasteiger partial charge in [-0.1, -0.05) is 29.8 Å². The summed E-state index contributed by atoms with van der Waals surface area (Å²) < 4.78 is 21.3. The number of carbonyl (C=O) groups is 1. The number of aromatic nitrogens is 1. The molecule has 4 nitrogen and oxygen atoms in total. The summed E-state index contributed by atoms with van der Waals surface area (Å²) in [6.07, 6.45) is -0.138. The number of para-hydroxylation sites is 1. The number of ether oxygens (including phenoxy) is 1. The highest BCUT2D eigenvalue weighted by atomic mass is 35.5. The number of esters is 1. The van der Waals surface area contributed by atoms with Crippen molar-refractivity contribution in [2.75, 3.05) is 0 Å². The maximum absolute atomic E-state index is 14.5. The van der Waals surface area contributed by atoms with Crippen LogP contribution in [0.2, 0.25) is 5.02 Å². The van der Waals surface area contributed by atoms with Crippen LogP contribution in [-0.4, -0.2) is 10.5 Å². The van der Waals surface area contributed by atoms with Gasteiger partial charge < -0.3 is 9.30 Å². The molecule has 0 N–H and O–H groups in total. The summed E-state index contributed by atoms with van der Waals surface area (Å²) in [5.41, 5.74) is 0.715. The molecule has 1 aliphatic heterocycles. The van der Waals surface area contributed by atoms with E-state index in [1.807, 2.05) is 0 Å². The smallest absolute Gasteiger partial charge is 0.312 e. The lowest BCUT2D eigenvalue weighted by Gasteiger charge is -2.27. The third kappa shape index (κ3) is 2.35. The molecule has 0 spiro atoms. The Balaban J connectivity index is 2.11. The maximum atomic E-state index is 14.5. The topological polar surface area (TPSA) is 48.3 Å². The molecule has 1 aliphatic rings. The highest BCUT2D eigenvalue weighted by Gasteiger charge is 2.35. The fourth-order valence-electron chi connectivity index (χ4n) is 3.42. The van der Waals surface area contributed by atoms with Crippen molar-refractivity contribution in [1.29, 1.82) is 0 Å². The number of fused-ring (bicyclic) bond motifs is 3. The molecule has 0 aliphatic carbocycles. The zero-order valence-electron chi connectivity index (χ0n) is 13.3. The Labute approximate surface area is 147 Å². The second-order valence-corrected chi connectivity index (χ2v) is 6.40. The van der Waals surface area contributed by atoms with Gasteiger partial charge in [-0.2, -0.15) is 0 Å². The molecule has 1 unspecified atom stereocenters. The molecule has 2 aromatic carbocycles. The van der Waals surface area contributed by atoms with Gasteiger partial charge in [-0.15, -0.1) is 0 Å². The van der Waals surface area contributed by atoms with Gasteiger partial charge >= 0.3 is 5.97 Å². The first kappa shape index (κ1) is 15.8. The zero-order chi connectivity index (χ0) is 17.7. The van der Waals surface area contributed by atoms with Crippen molar-refractivity contribution < 1.29 is 13.9 Å². The molecule has 1 atom stereocenters. The van der Waals surface area contributed by atoms with Crippen molar-refractivity contribution >= 4 is 28.5 Å². The van der Waals surface area contributed by atoms with Crippen LogP contribution in [0.1, 0.15) is 23.5 Å². The van der Waals surface area contributed by atoms with Gasteiger partial charge in [0.1, 0.15) is 11.6 Å². The van der Waals surface area contributed by atoms with Gasteiger partial charge in [0.15, 0.2) is 0 Å². The predicted molar refractivity (Wildman–Crippen MR) is 92.7 cm³/mol. The molecule has 3 aromatic rings. The number of hydrogen-bond donors (Lipinski definition) is 0. The Hall–Kier alpha value is -2.66. The molecule has 0 radical (unpaired) electrons. The summed E-state index contributed by atoms with van der Waals surface area (Å²) in [5, 5.41) is 0.811. The molecule has 2 heterocycles. The first-order valence-corrected chi connectivity index (χ1v) is 8.13. The van der Waals surface area contributed by atoms with Crippen LogP contribution < -0.4 is 10.3 Å². The van der Waals surface area contributed by atoms with Gasteiger partial charge in [-0.25, -0.2) is 4.39 Å². The third-order valence-electron chi connectivity index (χ3n) is 4.57. The number of carbonyl (C=O) groups excluding carboxylic acids is 1. The van der Waals surface area contributed by atoms with E-state index in [2.05, 4.69) is 0 Å². The van der Waals surface area contributed by atoms with Crippen molar-refractivity contribution in [3.63, 3.8) is 0 Å². The average Bonchev–Trinajstić information content (AvgIpc) is 2.59. The lowest BCUT2D eigenvalue weighted by Crippen LogP contribution is -2.32. The number of hydrogen-bond acceptors (Lipinski definition) is 3. The number of halogens is 2. The van der Waals surface area contributed by atoms with E-state index in [-0.39, 0.29) is 33.9 Å². The van der Waals surface area contributed by atoms with Crippen LogP contribution in [0, 0.1) is 5.82 Å². The summed E-state index contributed by atoms with van der Waals surface area (Å²) in [7, 11) is 1.64. The monoisotopic (exact) mass is 357 g/mol. The Morgan fingerprint density at radius 2 is 1.88 bits per heavy atom. The molecule has 0 fully saturated rings. The van der Waals surface area contributed by atoms with Gasteiger partial charge in [0, 0.05) is 28.9 Å². The third-order valence-corrected chi connectivity index (χ3v) is 4.90. The SMILES string of the molecule is Cn1c(=O)c2c(c3ccccc31)OC(=O)CC2c1c(F)cccc1Cl. The van der Waals surface area contributed by atoms with Gasteiger partial charge in [0.2, 0.25) is 0 Å². The predicted octanol–water partition coefficient (Wildman–Crippen LogP) is 3.77. The van der Waals surface area contributed by atoms with Gasteiger partial charge in [0.05, 0.1) is 17.5 Å². The number of nitrogens with zero attached hydrogens (tertiary/aromatic N) is 1. The van der Waals surface area contributed by atoms with E-state index in [4.69, 9.17) is 16.3 Å². The molecular formula is C19H13ClFNO3. The van der Waals surface area contributed by atoms with Crippen LogP contribution in [0.3, 0.4) is 0 Å². The molecular weight excluding hydrogens is 345 g/mol. The molecule has 1 aromatic heterocycles. The minimum Gasteiger partial charge on any atom is -0.425 e. The number of pyridine rings is 1. The largest absolute Gasteiger partial charge is 0.425 e. The first-order chi connectivity index (χ1) is 12.0. The first-order valence-electron chi connectivity index (χ1n) is 7.75. The van der Waals surface area contributed by atoms with Crippen molar-refractivity contribution in [3.05, 3.63) is 74.8 Å². The van der Waals surface area contributed by atoms with E-state index in [1.165, 1.54) is 16.7 Å². The Bertz CT molecular complexity index is 1070. The van der Waals surface area contributed by atoms with E-state index in [1.54, 1.807) is 37.4 Å². The van der Waals surface area contributed by atoms with Crippen LogP contribution in [0.5, 0.6) is 5.75 Å². The van der Waals surface area contributed by atoms with Crippen LogP contribution in [0.15, 0.2) is 47.3 Å². The van der Waals surface area contributed by atoms with Crippen molar-refractivity contribution in [2.45, 2.75) is 12.3 Å². The quantitative estimate of drug-likeness (QED) is 0.623. The second kappa shape index (κ2) is 5.70. The van der Waals surface area contributed by atoms with Gasteiger partial charge in [-0.05, 0) is 24.3 Å². The number of rotatable bonds is 1. The van der Waals surface area contributed by atoms with Gasteiger partial charge in [-0.3, -0.25) is 9.59 Å². The fraction of sp³-hybridized carbons (Fsp3) is 0.158. The number of aryl methyl sites for hydroxylation is 1. The Kier molecular flexibility index (Phi) is 3.62. The van der Waals surface area contributed by atoms with E-state index < -0.39 is 17.7 Å². The fourth-order valence-corrected chi connectivity index (χ4v) is 3.72. The normalized spacial score (nSPS) is 16.6. The van der Waals surface area contributed by atoms with Crippen molar-refractivity contribution in [3.8, 4) is 5.75 Å². The lowest BCUT2D eigenvalue weighted by atomic mass is 9.85. The standard InChI is InChI=1S/C19H13ClFNO3/c1-22-14-8-3-2-5-10(14)18-17(19(22)24)11(9-15(23)25-18)16-12(20)6-4-7-13(16)21/h2-8,11H,9H2,1H3. The Morgan fingerprint density at radius 3 is 2.64 bits per heavy atom. The molecule has 4 rings (SSSR count). The summed E-state index contributed by atoms with van der Waals surface area (Å²) >= 11 is 6.19.